The third kappa shape index (κ3) is 4.44. The molecule has 0 aliphatic rings. The SMILES string of the molecule is O=C(CCc1ccccc1F)NCCc1cscn1. The topological polar surface area (TPSA) is 42.0 Å². The minimum Gasteiger partial charge on any atom is -0.356 e. The number of nitrogens with one attached hydrogen (secondary N) is 1. The summed E-state index contributed by atoms with van der Waals surface area (Å²) in [6, 6.07) is 6.54. The van der Waals surface area contributed by atoms with Crippen molar-refractivity contribution in [1.29, 1.82) is 0 Å². The smallest absolute Gasteiger partial charge is 0.220 e. The standard InChI is InChI=1S/C14H15FN2OS/c15-13-4-2-1-3-11(13)5-6-14(18)16-8-7-12-9-19-10-17-12/h1-4,9-10H,5-8H2,(H,16,18). The zero-order chi connectivity index (χ0) is 13.5. The third-order valence-corrected chi connectivity index (χ3v) is 3.40. The Morgan fingerprint density at radius 2 is 2.16 bits per heavy atom. The van der Waals surface area contributed by atoms with E-state index in [1.54, 1.807) is 35.0 Å². The quantitative estimate of drug-likeness (QED) is 0.882. The van der Waals surface area contributed by atoms with Crippen LogP contribution in [0.25, 0.3) is 0 Å². The fourth-order valence-electron chi connectivity index (χ4n) is 1.73. The summed E-state index contributed by atoms with van der Waals surface area (Å²) >= 11 is 1.54. The molecule has 0 atom stereocenters. The van der Waals surface area contributed by atoms with Gasteiger partial charge in [0.2, 0.25) is 5.91 Å². The van der Waals surface area contributed by atoms with Crippen LogP contribution in [0.3, 0.4) is 0 Å². The average molecular weight is 278 g/mol. The first-order valence-electron chi connectivity index (χ1n) is 6.13. The number of carbonyl (C=O) groups is 1. The lowest BCUT2D eigenvalue weighted by Crippen LogP contribution is -2.26. The Kier molecular flexibility index (Phi) is 5.03. The minimum atomic E-state index is -0.252. The first-order valence-corrected chi connectivity index (χ1v) is 7.07. The van der Waals surface area contributed by atoms with Crippen molar-refractivity contribution in [1.82, 2.24) is 10.3 Å². The van der Waals surface area contributed by atoms with Gasteiger partial charge in [-0.25, -0.2) is 9.37 Å². The normalized spacial score (nSPS) is 10.4. The number of hydrogen-bond donors (Lipinski definition) is 1. The van der Waals surface area contributed by atoms with Gasteiger partial charge in [-0.3, -0.25) is 4.79 Å². The molecule has 0 spiro atoms. The second-order valence-corrected chi connectivity index (χ2v) is 4.89. The van der Waals surface area contributed by atoms with E-state index < -0.39 is 0 Å². The molecule has 0 bridgehead atoms. The highest BCUT2D eigenvalue weighted by Crippen LogP contribution is 2.08. The van der Waals surface area contributed by atoms with Crippen LogP contribution in [0.15, 0.2) is 35.2 Å². The van der Waals surface area contributed by atoms with E-state index in [1.807, 2.05) is 5.38 Å². The molecule has 1 aromatic carbocycles. The molecule has 1 heterocycles. The predicted molar refractivity (Wildman–Crippen MR) is 73.5 cm³/mol. The number of nitrogens with zero attached hydrogens (tertiary/aromatic N) is 1. The summed E-state index contributed by atoms with van der Waals surface area (Å²) in [5.41, 5.74) is 3.34. The number of thiazole rings is 1. The molecule has 0 unspecified atom stereocenters. The molecule has 0 aliphatic heterocycles. The summed E-state index contributed by atoms with van der Waals surface area (Å²) in [5.74, 6) is -0.309. The van der Waals surface area contributed by atoms with Crippen molar-refractivity contribution < 1.29 is 9.18 Å². The Labute approximate surface area is 115 Å². The van der Waals surface area contributed by atoms with Crippen molar-refractivity contribution in [2.45, 2.75) is 19.3 Å². The lowest BCUT2D eigenvalue weighted by Gasteiger charge is -2.05. The summed E-state index contributed by atoms with van der Waals surface area (Å²) in [5, 5.41) is 4.78. The van der Waals surface area contributed by atoms with Crippen molar-refractivity contribution in [3.8, 4) is 0 Å². The number of amides is 1. The van der Waals surface area contributed by atoms with Crippen LogP contribution in [0.5, 0.6) is 0 Å². The Hall–Kier alpha value is -1.75. The Morgan fingerprint density at radius 1 is 1.32 bits per heavy atom. The van der Waals surface area contributed by atoms with Gasteiger partial charge in [0.1, 0.15) is 5.82 Å². The number of hydrogen-bond acceptors (Lipinski definition) is 3. The summed E-state index contributed by atoms with van der Waals surface area (Å²) in [6.45, 7) is 0.569. The Balaban J connectivity index is 1.69. The maximum absolute atomic E-state index is 13.3. The molecule has 0 radical (unpaired) electrons. The van der Waals surface area contributed by atoms with Crippen LogP contribution in [0, 0.1) is 5.82 Å². The lowest BCUT2D eigenvalue weighted by atomic mass is 10.1. The average Bonchev–Trinajstić information content (AvgIpc) is 2.91. The molecule has 0 saturated carbocycles. The molecule has 0 aliphatic carbocycles. The van der Waals surface area contributed by atoms with Gasteiger partial charge in [0.05, 0.1) is 11.2 Å². The zero-order valence-electron chi connectivity index (χ0n) is 10.4. The van der Waals surface area contributed by atoms with Crippen LogP contribution in [0.2, 0.25) is 0 Å². The van der Waals surface area contributed by atoms with Gasteiger partial charge < -0.3 is 5.32 Å². The molecule has 1 aromatic heterocycles. The van der Waals surface area contributed by atoms with E-state index in [-0.39, 0.29) is 11.7 Å². The zero-order valence-corrected chi connectivity index (χ0v) is 11.3. The molecule has 100 valence electrons. The summed E-state index contributed by atoms with van der Waals surface area (Å²) in [7, 11) is 0. The van der Waals surface area contributed by atoms with Gasteiger partial charge in [-0.15, -0.1) is 11.3 Å². The molecule has 3 nitrogen and oxygen atoms in total. The monoisotopic (exact) mass is 278 g/mol. The first-order chi connectivity index (χ1) is 9.25. The van der Waals surface area contributed by atoms with Crippen LogP contribution in [0.4, 0.5) is 4.39 Å². The summed E-state index contributed by atoms with van der Waals surface area (Å²) < 4.78 is 13.3. The highest BCUT2D eigenvalue weighted by Gasteiger charge is 2.05. The number of rotatable bonds is 6. The number of carbonyl (C=O) groups excluding carboxylic acids is 1. The van der Waals surface area contributed by atoms with E-state index >= 15 is 0 Å². The van der Waals surface area contributed by atoms with Gasteiger partial charge in [-0.2, -0.15) is 0 Å². The van der Waals surface area contributed by atoms with E-state index in [9.17, 15) is 9.18 Å². The third-order valence-electron chi connectivity index (χ3n) is 2.77. The predicted octanol–water partition coefficient (Wildman–Crippen LogP) is 2.57. The molecular weight excluding hydrogens is 263 g/mol. The second-order valence-electron chi connectivity index (χ2n) is 4.17. The van der Waals surface area contributed by atoms with E-state index in [0.717, 1.165) is 12.1 Å². The first kappa shape index (κ1) is 13.7. The summed E-state index contributed by atoms with van der Waals surface area (Å²) in [6.07, 6.45) is 1.46. The molecule has 2 rings (SSSR count). The number of halogens is 1. The van der Waals surface area contributed by atoms with Crippen LogP contribution in [-0.2, 0) is 17.6 Å². The molecule has 0 fully saturated rings. The fraction of sp³-hybridized carbons (Fsp3) is 0.286. The van der Waals surface area contributed by atoms with Gasteiger partial charge in [-0.05, 0) is 18.1 Å². The molecule has 1 N–H and O–H groups in total. The van der Waals surface area contributed by atoms with Crippen molar-refractivity contribution in [3.63, 3.8) is 0 Å². The van der Waals surface area contributed by atoms with Crippen molar-refractivity contribution in [3.05, 3.63) is 52.2 Å². The molecular formula is C14H15FN2OS. The molecule has 19 heavy (non-hydrogen) atoms. The molecule has 0 saturated heterocycles. The second kappa shape index (κ2) is 6.99. The molecule has 5 heteroatoms. The van der Waals surface area contributed by atoms with Gasteiger partial charge >= 0.3 is 0 Å². The number of benzene rings is 1. The van der Waals surface area contributed by atoms with E-state index in [0.29, 0.717) is 24.9 Å². The maximum atomic E-state index is 13.3. The Morgan fingerprint density at radius 3 is 2.89 bits per heavy atom. The van der Waals surface area contributed by atoms with Gasteiger partial charge in [0.25, 0.3) is 0 Å². The van der Waals surface area contributed by atoms with Crippen LogP contribution in [-0.4, -0.2) is 17.4 Å². The molecule has 2 aromatic rings. The highest BCUT2D eigenvalue weighted by atomic mass is 32.1. The van der Waals surface area contributed by atoms with Crippen molar-refractivity contribution in [2.75, 3.05) is 6.54 Å². The summed E-state index contributed by atoms with van der Waals surface area (Å²) in [4.78, 5) is 15.7. The maximum Gasteiger partial charge on any atom is 0.220 e. The van der Waals surface area contributed by atoms with Crippen molar-refractivity contribution in [2.24, 2.45) is 0 Å². The fourth-order valence-corrected chi connectivity index (χ4v) is 2.32. The van der Waals surface area contributed by atoms with Gasteiger partial charge in [0, 0.05) is 24.8 Å². The number of aromatic nitrogens is 1. The number of aryl methyl sites for hydroxylation is 1. The van der Waals surface area contributed by atoms with Gasteiger partial charge in [-0.1, -0.05) is 18.2 Å². The Bertz CT molecular complexity index is 528. The largest absolute Gasteiger partial charge is 0.356 e. The van der Waals surface area contributed by atoms with Crippen LogP contribution < -0.4 is 5.32 Å². The van der Waals surface area contributed by atoms with Crippen molar-refractivity contribution >= 4 is 17.2 Å². The lowest BCUT2D eigenvalue weighted by molar-refractivity contribution is -0.121. The van der Waals surface area contributed by atoms with E-state index in [4.69, 9.17) is 0 Å². The minimum absolute atomic E-state index is 0.0570. The molecule has 1 amide bonds. The van der Waals surface area contributed by atoms with Crippen LogP contribution in [0.1, 0.15) is 17.7 Å². The van der Waals surface area contributed by atoms with Crippen LogP contribution >= 0.6 is 11.3 Å². The van der Waals surface area contributed by atoms with E-state index in [2.05, 4.69) is 10.3 Å². The van der Waals surface area contributed by atoms with Gasteiger partial charge in [0.15, 0.2) is 0 Å². The highest BCUT2D eigenvalue weighted by molar-refractivity contribution is 7.07. The van der Waals surface area contributed by atoms with E-state index in [1.165, 1.54) is 6.07 Å².